The summed E-state index contributed by atoms with van der Waals surface area (Å²) in [6.07, 6.45) is 2.81. The van der Waals surface area contributed by atoms with Gasteiger partial charge in [-0.05, 0) is 62.8 Å². The molecule has 1 N–H and O–H groups in total. The lowest BCUT2D eigenvalue weighted by Gasteiger charge is -2.32. The fourth-order valence-corrected chi connectivity index (χ4v) is 3.70. The number of amides is 2. The molecule has 0 aromatic heterocycles. The molecular formula is C25H32N2O3. The van der Waals surface area contributed by atoms with Crippen LogP contribution in [0.1, 0.15) is 41.5 Å². The second-order valence-corrected chi connectivity index (χ2v) is 8.19. The van der Waals surface area contributed by atoms with Crippen molar-refractivity contribution in [2.45, 2.75) is 52.5 Å². The first kappa shape index (κ1) is 21.9. The van der Waals surface area contributed by atoms with Crippen molar-refractivity contribution in [3.8, 4) is 5.75 Å². The Bertz CT molecular complexity index is 868. The highest BCUT2D eigenvalue weighted by Gasteiger charge is 2.24. The number of benzene rings is 2. The van der Waals surface area contributed by atoms with Crippen LogP contribution in [0.25, 0.3) is 0 Å². The van der Waals surface area contributed by atoms with Gasteiger partial charge in [-0.1, -0.05) is 42.0 Å². The molecule has 0 unspecified atom stereocenters. The van der Waals surface area contributed by atoms with Crippen molar-refractivity contribution < 1.29 is 14.3 Å². The van der Waals surface area contributed by atoms with Gasteiger partial charge in [0.1, 0.15) is 5.75 Å². The predicted molar refractivity (Wildman–Crippen MR) is 119 cm³/mol. The number of hydrogen-bond donors (Lipinski definition) is 1. The van der Waals surface area contributed by atoms with Crippen LogP contribution in [-0.4, -0.2) is 42.5 Å². The molecule has 0 radical (unpaired) electrons. The SMILES string of the molecule is Cc1ccc(CCC(=O)NC2CCN(C(=O)COc3cccc(C)c3C)CC2)cc1. The maximum Gasteiger partial charge on any atom is 0.260 e. The molecule has 5 nitrogen and oxygen atoms in total. The Hall–Kier alpha value is -2.82. The van der Waals surface area contributed by atoms with Crippen LogP contribution in [0.2, 0.25) is 0 Å². The number of ether oxygens (including phenoxy) is 1. The predicted octanol–water partition coefficient (Wildman–Crippen LogP) is 3.73. The van der Waals surface area contributed by atoms with Crippen LogP contribution in [0.3, 0.4) is 0 Å². The van der Waals surface area contributed by atoms with Gasteiger partial charge in [-0.2, -0.15) is 0 Å². The smallest absolute Gasteiger partial charge is 0.260 e. The zero-order valence-corrected chi connectivity index (χ0v) is 18.2. The summed E-state index contributed by atoms with van der Waals surface area (Å²) in [4.78, 5) is 26.6. The van der Waals surface area contributed by atoms with Gasteiger partial charge in [-0.15, -0.1) is 0 Å². The van der Waals surface area contributed by atoms with E-state index < -0.39 is 0 Å². The highest BCUT2D eigenvalue weighted by atomic mass is 16.5. The topological polar surface area (TPSA) is 58.6 Å². The van der Waals surface area contributed by atoms with Gasteiger partial charge in [0.05, 0.1) is 0 Å². The molecule has 0 bridgehead atoms. The first-order valence-electron chi connectivity index (χ1n) is 10.7. The van der Waals surface area contributed by atoms with Gasteiger partial charge in [-0.3, -0.25) is 9.59 Å². The lowest BCUT2D eigenvalue weighted by Crippen LogP contribution is -2.47. The van der Waals surface area contributed by atoms with Crippen LogP contribution in [-0.2, 0) is 16.0 Å². The fraction of sp³-hybridized carbons (Fsp3) is 0.440. The van der Waals surface area contributed by atoms with E-state index in [1.54, 1.807) is 0 Å². The Morgan fingerprint density at radius 1 is 1.03 bits per heavy atom. The van der Waals surface area contributed by atoms with Crippen LogP contribution < -0.4 is 10.1 Å². The van der Waals surface area contributed by atoms with E-state index in [2.05, 4.69) is 36.5 Å². The number of hydrogen-bond acceptors (Lipinski definition) is 3. The van der Waals surface area contributed by atoms with E-state index in [0.717, 1.165) is 36.1 Å². The zero-order chi connectivity index (χ0) is 21.5. The van der Waals surface area contributed by atoms with Crippen molar-refractivity contribution in [2.75, 3.05) is 19.7 Å². The van der Waals surface area contributed by atoms with Gasteiger partial charge in [-0.25, -0.2) is 0 Å². The highest BCUT2D eigenvalue weighted by molar-refractivity contribution is 5.78. The molecule has 1 saturated heterocycles. The Kier molecular flexibility index (Phi) is 7.50. The van der Waals surface area contributed by atoms with Gasteiger partial charge >= 0.3 is 0 Å². The molecule has 5 heteroatoms. The van der Waals surface area contributed by atoms with E-state index in [0.29, 0.717) is 19.5 Å². The average molecular weight is 409 g/mol. The number of likely N-dealkylation sites (tertiary alicyclic amines) is 1. The Balaban J connectivity index is 1.37. The van der Waals surface area contributed by atoms with Crippen molar-refractivity contribution in [1.82, 2.24) is 10.2 Å². The van der Waals surface area contributed by atoms with E-state index in [1.165, 1.54) is 11.1 Å². The number of aryl methyl sites for hydroxylation is 3. The normalized spacial score (nSPS) is 14.4. The van der Waals surface area contributed by atoms with Crippen LogP contribution >= 0.6 is 0 Å². The second kappa shape index (κ2) is 10.3. The zero-order valence-electron chi connectivity index (χ0n) is 18.2. The third-order valence-corrected chi connectivity index (χ3v) is 5.88. The molecule has 160 valence electrons. The van der Waals surface area contributed by atoms with Gasteiger partial charge in [0, 0.05) is 25.6 Å². The minimum Gasteiger partial charge on any atom is -0.483 e. The van der Waals surface area contributed by atoms with Crippen molar-refractivity contribution >= 4 is 11.8 Å². The molecule has 0 atom stereocenters. The number of nitrogens with one attached hydrogen (secondary N) is 1. The molecule has 0 aliphatic carbocycles. The summed E-state index contributed by atoms with van der Waals surface area (Å²) in [7, 11) is 0. The van der Waals surface area contributed by atoms with Crippen LogP contribution in [0, 0.1) is 20.8 Å². The van der Waals surface area contributed by atoms with E-state index in [9.17, 15) is 9.59 Å². The maximum atomic E-state index is 12.5. The van der Waals surface area contributed by atoms with Gasteiger partial charge < -0.3 is 15.0 Å². The quantitative estimate of drug-likeness (QED) is 0.759. The molecule has 3 rings (SSSR count). The van der Waals surface area contributed by atoms with Crippen LogP contribution in [0.15, 0.2) is 42.5 Å². The Labute approximate surface area is 179 Å². The third kappa shape index (κ3) is 6.09. The second-order valence-electron chi connectivity index (χ2n) is 8.19. The van der Waals surface area contributed by atoms with Crippen molar-refractivity contribution in [1.29, 1.82) is 0 Å². The van der Waals surface area contributed by atoms with Gasteiger partial charge in [0.25, 0.3) is 5.91 Å². The number of piperidine rings is 1. The summed E-state index contributed by atoms with van der Waals surface area (Å²) in [6, 6.07) is 14.3. The van der Waals surface area contributed by atoms with E-state index >= 15 is 0 Å². The van der Waals surface area contributed by atoms with Crippen molar-refractivity contribution in [3.05, 3.63) is 64.7 Å². The largest absolute Gasteiger partial charge is 0.483 e. The summed E-state index contributed by atoms with van der Waals surface area (Å²) >= 11 is 0. The van der Waals surface area contributed by atoms with Crippen LogP contribution in [0.5, 0.6) is 5.75 Å². The highest BCUT2D eigenvalue weighted by Crippen LogP contribution is 2.21. The summed E-state index contributed by atoms with van der Waals surface area (Å²) in [6.45, 7) is 7.45. The van der Waals surface area contributed by atoms with Crippen molar-refractivity contribution in [3.63, 3.8) is 0 Å². The minimum absolute atomic E-state index is 0.0000497. The lowest BCUT2D eigenvalue weighted by molar-refractivity contribution is -0.134. The van der Waals surface area contributed by atoms with Crippen molar-refractivity contribution in [2.24, 2.45) is 0 Å². The molecular weight excluding hydrogens is 376 g/mol. The first-order chi connectivity index (χ1) is 14.4. The minimum atomic E-state index is 0.0000497. The molecule has 0 spiro atoms. The molecule has 1 aliphatic heterocycles. The van der Waals surface area contributed by atoms with Crippen LogP contribution in [0.4, 0.5) is 0 Å². The summed E-state index contributed by atoms with van der Waals surface area (Å²) in [5, 5.41) is 3.12. The summed E-state index contributed by atoms with van der Waals surface area (Å²) in [5.74, 6) is 0.845. The Morgan fingerprint density at radius 2 is 1.73 bits per heavy atom. The molecule has 2 amide bonds. The number of carbonyl (C=O) groups is 2. The average Bonchev–Trinajstić information content (AvgIpc) is 2.75. The maximum absolute atomic E-state index is 12.5. The molecule has 2 aromatic rings. The number of rotatable bonds is 7. The summed E-state index contributed by atoms with van der Waals surface area (Å²) in [5.41, 5.74) is 4.63. The van der Waals surface area contributed by atoms with Gasteiger partial charge in [0.2, 0.25) is 5.91 Å². The molecule has 1 aliphatic rings. The molecule has 1 fully saturated rings. The van der Waals surface area contributed by atoms with E-state index in [1.807, 2.05) is 36.9 Å². The van der Waals surface area contributed by atoms with E-state index in [4.69, 9.17) is 4.74 Å². The standard InChI is InChI=1S/C25H32N2O3/c1-18-7-9-21(10-8-18)11-12-24(28)26-22-13-15-27(16-14-22)25(29)17-30-23-6-4-5-19(2)20(23)3/h4-10,22H,11-17H2,1-3H3,(H,26,28). The first-order valence-corrected chi connectivity index (χ1v) is 10.7. The Morgan fingerprint density at radius 3 is 2.43 bits per heavy atom. The molecule has 30 heavy (non-hydrogen) atoms. The summed E-state index contributed by atoms with van der Waals surface area (Å²) < 4.78 is 5.74. The fourth-order valence-electron chi connectivity index (χ4n) is 3.70. The molecule has 1 heterocycles. The third-order valence-electron chi connectivity index (χ3n) is 5.88. The number of nitrogens with zero attached hydrogens (tertiary/aromatic N) is 1. The molecule has 0 saturated carbocycles. The number of carbonyl (C=O) groups excluding carboxylic acids is 2. The molecule has 2 aromatic carbocycles. The van der Waals surface area contributed by atoms with Gasteiger partial charge in [0.15, 0.2) is 6.61 Å². The lowest BCUT2D eigenvalue weighted by atomic mass is 10.0. The monoisotopic (exact) mass is 408 g/mol. The van der Waals surface area contributed by atoms with E-state index in [-0.39, 0.29) is 24.5 Å².